The Hall–Kier alpha value is -2.02. The topological polar surface area (TPSA) is 4.93 Å². The molecule has 1 heterocycles. The number of hydrogen-bond donors (Lipinski definition) is 0. The molecule has 0 amide bonds. The highest BCUT2D eigenvalue weighted by Crippen LogP contribution is 2.21. The molecule has 0 bridgehead atoms. The van der Waals surface area contributed by atoms with Crippen LogP contribution < -0.4 is 0 Å². The zero-order valence-electron chi connectivity index (χ0n) is 11.3. The van der Waals surface area contributed by atoms with Crippen molar-refractivity contribution in [3.05, 3.63) is 71.9 Å². The first-order valence-electron chi connectivity index (χ1n) is 6.99. The Morgan fingerprint density at radius 3 is 2.53 bits per heavy atom. The number of benzene rings is 2. The summed E-state index contributed by atoms with van der Waals surface area (Å²) in [6, 6.07) is 19.5. The summed E-state index contributed by atoms with van der Waals surface area (Å²) in [5, 5.41) is 1.40. The van der Waals surface area contributed by atoms with Crippen LogP contribution in [0.1, 0.15) is 18.1 Å². The van der Waals surface area contributed by atoms with Crippen LogP contribution in [0.25, 0.3) is 10.9 Å². The number of nitrogens with zero attached hydrogens (tertiary/aromatic N) is 1. The third kappa shape index (κ3) is 2.41. The smallest absolute Gasteiger partial charge is 0.0483 e. The second kappa shape index (κ2) is 5.31. The zero-order chi connectivity index (χ0) is 13.1. The molecule has 0 atom stereocenters. The maximum atomic E-state index is 2.36. The molecule has 0 radical (unpaired) electrons. The first-order valence-corrected chi connectivity index (χ1v) is 6.99. The van der Waals surface area contributed by atoms with Crippen molar-refractivity contribution in [2.24, 2.45) is 0 Å². The SMILES string of the molecule is CCc1cccc2c1ccn2CCc1ccccc1. The maximum Gasteiger partial charge on any atom is 0.0483 e. The van der Waals surface area contributed by atoms with Gasteiger partial charge in [0.25, 0.3) is 0 Å². The molecule has 0 spiro atoms. The predicted octanol–water partition coefficient (Wildman–Crippen LogP) is 4.45. The summed E-state index contributed by atoms with van der Waals surface area (Å²) >= 11 is 0. The van der Waals surface area contributed by atoms with E-state index in [1.807, 2.05) is 0 Å². The lowest BCUT2D eigenvalue weighted by Gasteiger charge is -2.07. The van der Waals surface area contributed by atoms with Gasteiger partial charge in [0, 0.05) is 23.6 Å². The van der Waals surface area contributed by atoms with Crippen molar-refractivity contribution < 1.29 is 0 Å². The molecular formula is C18H19N. The van der Waals surface area contributed by atoms with Crippen LogP contribution in [0.3, 0.4) is 0 Å². The molecule has 1 aromatic heterocycles. The van der Waals surface area contributed by atoms with E-state index in [4.69, 9.17) is 0 Å². The van der Waals surface area contributed by atoms with E-state index in [1.54, 1.807) is 0 Å². The molecule has 0 fully saturated rings. The number of aromatic nitrogens is 1. The van der Waals surface area contributed by atoms with Crippen molar-refractivity contribution >= 4 is 10.9 Å². The summed E-state index contributed by atoms with van der Waals surface area (Å²) in [6.45, 7) is 3.26. The molecule has 3 rings (SSSR count). The normalized spacial score (nSPS) is 11.0. The third-order valence-electron chi connectivity index (χ3n) is 3.77. The first kappa shape index (κ1) is 12.0. The molecule has 0 aliphatic heterocycles. The van der Waals surface area contributed by atoms with Crippen molar-refractivity contribution in [2.45, 2.75) is 26.3 Å². The van der Waals surface area contributed by atoms with Crippen LogP contribution in [0, 0.1) is 0 Å². The minimum Gasteiger partial charge on any atom is -0.347 e. The van der Waals surface area contributed by atoms with E-state index in [2.05, 4.69) is 72.3 Å². The predicted molar refractivity (Wildman–Crippen MR) is 81.5 cm³/mol. The fourth-order valence-electron chi connectivity index (χ4n) is 2.68. The average molecular weight is 249 g/mol. The highest BCUT2D eigenvalue weighted by Gasteiger charge is 2.04. The summed E-state index contributed by atoms with van der Waals surface area (Å²) in [6.07, 6.45) is 4.40. The lowest BCUT2D eigenvalue weighted by molar-refractivity contribution is 0.723. The molecular weight excluding hydrogens is 230 g/mol. The van der Waals surface area contributed by atoms with Crippen molar-refractivity contribution in [3.63, 3.8) is 0 Å². The van der Waals surface area contributed by atoms with Crippen LogP contribution in [-0.2, 0) is 19.4 Å². The van der Waals surface area contributed by atoms with Crippen molar-refractivity contribution in [2.75, 3.05) is 0 Å². The van der Waals surface area contributed by atoms with Gasteiger partial charge in [-0.05, 0) is 36.1 Å². The second-order valence-electron chi connectivity index (χ2n) is 4.95. The van der Waals surface area contributed by atoms with Gasteiger partial charge in [0.15, 0.2) is 0 Å². The molecule has 96 valence electrons. The molecule has 0 aliphatic carbocycles. The first-order chi connectivity index (χ1) is 9.38. The third-order valence-corrected chi connectivity index (χ3v) is 3.77. The van der Waals surface area contributed by atoms with Gasteiger partial charge in [-0.2, -0.15) is 0 Å². The van der Waals surface area contributed by atoms with Gasteiger partial charge in [-0.3, -0.25) is 0 Å². The Bertz CT molecular complexity index is 664. The summed E-state index contributed by atoms with van der Waals surface area (Å²) in [4.78, 5) is 0. The number of rotatable bonds is 4. The monoisotopic (exact) mass is 249 g/mol. The minimum absolute atomic E-state index is 1.04. The number of fused-ring (bicyclic) bond motifs is 1. The molecule has 0 N–H and O–H groups in total. The van der Waals surface area contributed by atoms with Crippen LogP contribution in [0.4, 0.5) is 0 Å². The van der Waals surface area contributed by atoms with Crippen molar-refractivity contribution in [1.29, 1.82) is 0 Å². The van der Waals surface area contributed by atoms with Gasteiger partial charge in [0.2, 0.25) is 0 Å². The van der Waals surface area contributed by atoms with Crippen LogP contribution in [0.5, 0.6) is 0 Å². The van der Waals surface area contributed by atoms with E-state index < -0.39 is 0 Å². The van der Waals surface area contributed by atoms with Gasteiger partial charge in [0.1, 0.15) is 0 Å². The lowest BCUT2D eigenvalue weighted by Crippen LogP contribution is -1.99. The van der Waals surface area contributed by atoms with Gasteiger partial charge in [0.05, 0.1) is 0 Å². The van der Waals surface area contributed by atoms with Gasteiger partial charge in [-0.15, -0.1) is 0 Å². The fourth-order valence-corrected chi connectivity index (χ4v) is 2.68. The van der Waals surface area contributed by atoms with E-state index in [0.717, 1.165) is 19.4 Å². The molecule has 1 heteroatoms. The molecule has 19 heavy (non-hydrogen) atoms. The molecule has 1 nitrogen and oxygen atoms in total. The molecule has 0 saturated carbocycles. The standard InChI is InChI=1S/C18H19N/c1-2-16-9-6-10-18-17(16)12-14-19(18)13-11-15-7-4-3-5-8-15/h3-10,12,14H,2,11,13H2,1H3. The van der Waals surface area contributed by atoms with Crippen LogP contribution in [0.2, 0.25) is 0 Å². The highest BCUT2D eigenvalue weighted by atomic mass is 14.9. The Labute approximate surface area is 114 Å². The summed E-state index contributed by atoms with van der Waals surface area (Å²) in [5.41, 5.74) is 4.20. The maximum absolute atomic E-state index is 2.36. The highest BCUT2D eigenvalue weighted by molar-refractivity contribution is 5.83. The van der Waals surface area contributed by atoms with E-state index in [1.165, 1.54) is 22.0 Å². The molecule has 2 aromatic carbocycles. The number of hydrogen-bond acceptors (Lipinski definition) is 0. The Morgan fingerprint density at radius 1 is 0.895 bits per heavy atom. The van der Waals surface area contributed by atoms with Crippen LogP contribution in [0.15, 0.2) is 60.8 Å². The van der Waals surface area contributed by atoms with Crippen molar-refractivity contribution in [1.82, 2.24) is 4.57 Å². The minimum atomic E-state index is 1.04. The van der Waals surface area contributed by atoms with Crippen molar-refractivity contribution in [3.8, 4) is 0 Å². The molecule has 0 unspecified atom stereocenters. The molecule has 0 aliphatic rings. The van der Waals surface area contributed by atoms with Crippen LogP contribution in [-0.4, -0.2) is 4.57 Å². The Kier molecular flexibility index (Phi) is 3.37. The van der Waals surface area contributed by atoms with Gasteiger partial charge < -0.3 is 4.57 Å². The fraction of sp³-hybridized carbons (Fsp3) is 0.222. The van der Waals surface area contributed by atoms with E-state index in [9.17, 15) is 0 Å². The van der Waals surface area contributed by atoms with E-state index >= 15 is 0 Å². The Balaban J connectivity index is 1.86. The molecule has 0 saturated heterocycles. The van der Waals surface area contributed by atoms with Gasteiger partial charge in [-0.25, -0.2) is 0 Å². The Morgan fingerprint density at radius 2 is 1.74 bits per heavy atom. The summed E-state index contributed by atoms with van der Waals surface area (Å²) in [5.74, 6) is 0. The zero-order valence-corrected chi connectivity index (χ0v) is 11.3. The average Bonchev–Trinajstić information content (AvgIpc) is 2.89. The second-order valence-corrected chi connectivity index (χ2v) is 4.95. The lowest BCUT2D eigenvalue weighted by atomic mass is 10.1. The van der Waals surface area contributed by atoms with Gasteiger partial charge in [-0.1, -0.05) is 49.4 Å². The van der Waals surface area contributed by atoms with E-state index in [-0.39, 0.29) is 0 Å². The van der Waals surface area contributed by atoms with E-state index in [0.29, 0.717) is 0 Å². The largest absolute Gasteiger partial charge is 0.347 e. The summed E-state index contributed by atoms with van der Waals surface area (Å²) < 4.78 is 2.36. The number of aryl methyl sites for hydroxylation is 3. The summed E-state index contributed by atoms with van der Waals surface area (Å²) in [7, 11) is 0. The quantitative estimate of drug-likeness (QED) is 0.644. The van der Waals surface area contributed by atoms with Gasteiger partial charge >= 0.3 is 0 Å². The molecule has 3 aromatic rings. The van der Waals surface area contributed by atoms with Crippen LogP contribution >= 0.6 is 0 Å².